The molecule has 0 aromatic heterocycles. The Morgan fingerprint density at radius 2 is 1.32 bits per heavy atom. The molecular formula is C14H12F9IO3S. The fraction of sp³-hybridized carbons (Fsp3) is 0.429. The first-order valence-electron chi connectivity index (χ1n) is 6.89. The fourth-order valence-electron chi connectivity index (χ4n) is 1.21. The van der Waals surface area contributed by atoms with Crippen LogP contribution >= 0.6 is 0 Å². The Bertz CT molecular complexity index is 761. The van der Waals surface area contributed by atoms with Crippen LogP contribution in [0.3, 0.4) is 0 Å². The quantitative estimate of drug-likeness (QED) is 0.248. The molecule has 28 heavy (non-hydrogen) atoms. The van der Waals surface area contributed by atoms with Crippen molar-refractivity contribution in [3.63, 3.8) is 0 Å². The number of hydrogen-bond acceptors (Lipinski definition) is 3. The van der Waals surface area contributed by atoms with Crippen molar-refractivity contribution in [1.82, 2.24) is 0 Å². The molecule has 14 heteroatoms. The molecule has 0 radical (unpaired) electrons. The summed E-state index contributed by atoms with van der Waals surface area (Å²) in [6.07, 6.45) is -8.82. The van der Waals surface area contributed by atoms with Crippen LogP contribution in [0.4, 0.5) is 39.5 Å². The maximum absolute atomic E-state index is 12.6. The lowest BCUT2D eigenvalue weighted by atomic mass is 10.1. The molecule has 0 aliphatic carbocycles. The first-order valence-corrected chi connectivity index (χ1v) is 10.6. The normalized spacial score (nSPS) is 13.8. The monoisotopic (exact) mass is 558 g/mol. The molecular weight excluding hydrogens is 546 g/mol. The van der Waals surface area contributed by atoms with Crippen LogP contribution in [0.15, 0.2) is 27.9 Å². The van der Waals surface area contributed by atoms with Gasteiger partial charge in [0.05, 0.1) is 11.1 Å². The van der Waals surface area contributed by atoms with E-state index in [0.717, 1.165) is 24.1 Å². The van der Waals surface area contributed by atoms with Crippen LogP contribution in [0.25, 0.3) is 0 Å². The number of hydrogen-bond donors (Lipinski definition) is 0. The maximum atomic E-state index is 12.6. The van der Waals surface area contributed by atoms with Crippen LogP contribution in [0.2, 0.25) is 0 Å². The van der Waals surface area contributed by atoms with Crippen molar-refractivity contribution in [3.05, 3.63) is 42.6 Å². The van der Waals surface area contributed by atoms with Crippen LogP contribution in [0, 0.1) is 3.57 Å². The molecule has 0 aliphatic rings. The number of allylic oxidation sites excluding steroid dienone is 1. The zero-order valence-corrected chi connectivity index (χ0v) is 16.9. The Hall–Kier alpha value is -1.03. The summed E-state index contributed by atoms with van der Waals surface area (Å²) < 4.78 is 137. The number of alkyl halides is 9. The summed E-state index contributed by atoms with van der Waals surface area (Å²) in [5.74, 6) is 0. The van der Waals surface area contributed by atoms with Crippen LogP contribution < -0.4 is 21.2 Å². The van der Waals surface area contributed by atoms with Crippen molar-refractivity contribution in [2.75, 3.05) is 0 Å². The molecule has 0 unspecified atom stereocenters. The molecule has 0 N–H and O–H groups in total. The minimum Gasteiger partial charge on any atom is -0.741 e. The van der Waals surface area contributed by atoms with Gasteiger partial charge in [0.2, 0.25) is 0 Å². The van der Waals surface area contributed by atoms with Gasteiger partial charge < -0.3 is 4.55 Å². The second-order valence-electron chi connectivity index (χ2n) is 5.04. The molecule has 0 amide bonds. The van der Waals surface area contributed by atoms with Gasteiger partial charge in [-0.15, -0.1) is 0 Å². The zero-order valence-electron chi connectivity index (χ0n) is 13.9. The average Bonchev–Trinajstić information content (AvgIpc) is 2.49. The van der Waals surface area contributed by atoms with Gasteiger partial charge in [0.25, 0.3) is 0 Å². The number of rotatable bonds is 3. The molecule has 1 aromatic carbocycles. The number of benzene rings is 1. The summed E-state index contributed by atoms with van der Waals surface area (Å²) in [5.41, 5.74) is -7.18. The molecule has 0 bridgehead atoms. The van der Waals surface area contributed by atoms with E-state index in [2.05, 4.69) is 0 Å². The third kappa shape index (κ3) is 9.45. The van der Waals surface area contributed by atoms with Crippen molar-refractivity contribution in [2.45, 2.75) is 38.1 Å². The van der Waals surface area contributed by atoms with E-state index in [9.17, 15) is 39.5 Å². The van der Waals surface area contributed by atoms with E-state index in [1.165, 1.54) is 0 Å². The lowest BCUT2D eigenvalue weighted by Gasteiger charge is -2.10. The van der Waals surface area contributed by atoms with Gasteiger partial charge in [-0.2, -0.15) is 39.5 Å². The Kier molecular flexibility index (Phi) is 9.29. The van der Waals surface area contributed by atoms with Gasteiger partial charge >= 0.3 is 39.1 Å². The highest BCUT2D eigenvalue weighted by Gasteiger charge is 2.38. The number of halogens is 10. The van der Waals surface area contributed by atoms with Crippen LogP contribution in [-0.4, -0.2) is 18.5 Å². The molecule has 162 valence electrons. The summed E-state index contributed by atoms with van der Waals surface area (Å²) in [6.45, 7) is 3.68. The molecule has 0 aliphatic heterocycles. The van der Waals surface area contributed by atoms with E-state index in [-0.39, 0.29) is 9.64 Å². The van der Waals surface area contributed by atoms with Crippen molar-refractivity contribution in [3.8, 4) is 0 Å². The van der Waals surface area contributed by atoms with Crippen molar-refractivity contribution >= 4 is 10.1 Å². The fourth-order valence-corrected chi connectivity index (χ4v) is 3.58. The van der Waals surface area contributed by atoms with Crippen LogP contribution in [-0.2, 0) is 22.5 Å². The van der Waals surface area contributed by atoms with E-state index < -0.39 is 60.3 Å². The Morgan fingerprint density at radius 1 is 0.964 bits per heavy atom. The Morgan fingerprint density at radius 3 is 1.57 bits per heavy atom. The van der Waals surface area contributed by atoms with Gasteiger partial charge in [0.15, 0.2) is 17.8 Å². The van der Waals surface area contributed by atoms with E-state index in [4.69, 9.17) is 13.0 Å². The molecule has 0 fully saturated rings. The van der Waals surface area contributed by atoms with Gasteiger partial charge in [0.1, 0.15) is 0 Å². The van der Waals surface area contributed by atoms with E-state index in [0.29, 0.717) is 0 Å². The van der Waals surface area contributed by atoms with E-state index in [1.54, 1.807) is 11.0 Å². The molecule has 1 rings (SSSR count). The molecule has 1 aromatic rings. The standard InChI is InChI=1S/C13H12F6I.CHF3O3S/c1-3-8(2)7-20-11-5-9(12(14,15)16)4-10(6-11)13(17,18)19;2-1(3,4)8(5,6)7/h4-7H,3H2,1-2H3;(H,5,6,7)/q+1;/p-1/b8-7+;. The van der Waals surface area contributed by atoms with Crippen LogP contribution in [0.1, 0.15) is 31.4 Å². The van der Waals surface area contributed by atoms with Crippen molar-refractivity contribution in [2.24, 2.45) is 0 Å². The van der Waals surface area contributed by atoms with Gasteiger partial charge in [-0.25, -0.2) is 8.42 Å². The van der Waals surface area contributed by atoms with Crippen LogP contribution in [0.5, 0.6) is 0 Å². The first kappa shape index (κ1) is 27.0. The van der Waals surface area contributed by atoms with Gasteiger partial charge in [-0.1, -0.05) is 6.92 Å². The predicted molar refractivity (Wildman–Crippen MR) is 74.9 cm³/mol. The van der Waals surface area contributed by atoms with Crippen molar-refractivity contribution < 1.29 is 73.7 Å². The molecule has 0 spiro atoms. The van der Waals surface area contributed by atoms with Gasteiger partial charge in [0, 0.05) is 12.1 Å². The highest BCUT2D eigenvalue weighted by molar-refractivity contribution is 7.86. The minimum absolute atomic E-state index is 0.110. The molecule has 3 nitrogen and oxygen atoms in total. The van der Waals surface area contributed by atoms with Gasteiger partial charge in [-0.05, 0) is 25.0 Å². The smallest absolute Gasteiger partial charge is 0.485 e. The third-order valence-electron chi connectivity index (χ3n) is 2.76. The summed E-state index contributed by atoms with van der Waals surface area (Å²) in [6, 6.07) is 1.77. The highest BCUT2D eigenvalue weighted by Crippen LogP contribution is 2.35. The largest absolute Gasteiger partial charge is 0.741 e. The Balaban J connectivity index is 0.000000769. The van der Waals surface area contributed by atoms with Crippen molar-refractivity contribution in [1.29, 1.82) is 0 Å². The highest BCUT2D eigenvalue weighted by atomic mass is 127. The average molecular weight is 558 g/mol. The van der Waals surface area contributed by atoms with E-state index in [1.807, 2.05) is 6.92 Å². The lowest BCUT2D eigenvalue weighted by Crippen LogP contribution is -3.59. The topological polar surface area (TPSA) is 57.2 Å². The summed E-state index contributed by atoms with van der Waals surface area (Å²) in [7, 11) is -6.09. The predicted octanol–water partition coefficient (Wildman–Crippen LogP) is 2.35. The first-order chi connectivity index (χ1) is 12.3. The molecule has 0 atom stereocenters. The zero-order chi connectivity index (χ0) is 22.6. The Labute approximate surface area is 164 Å². The second kappa shape index (κ2) is 9.65. The summed E-state index contributed by atoms with van der Waals surface area (Å²) in [5, 5.41) is 0. The molecule has 0 saturated carbocycles. The van der Waals surface area contributed by atoms with E-state index >= 15 is 0 Å². The van der Waals surface area contributed by atoms with Gasteiger partial charge in [-0.3, -0.25) is 0 Å². The molecule has 0 saturated heterocycles. The lowest BCUT2D eigenvalue weighted by molar-refractivity contribution is -0.558. The second-order valence-corrected chi connectivity index (χ2v) is 8.90. The summed E-state index contributed by atoms with van der Waals surface area (Å²) >= 11 is -1.01. The minimum atomic E-state index is -6.09. The maximum Gasteiger partial charge on any atom is 0.485 e. The molecule has 0 heterocycles. The summed E-state index contributed by atoms with van der Waals surface area (Å²) in [4.78, 5) is 0. The SMILES string of the molecule is CC/C(C)=C/[I+]c1cc(C(F)(F)F)cc(C(F)(F)F)c1.O=S(=O)([O-])C(F)(F)F. The third-order valence-corrected chi connectivity index (χ3v) is 6.04.